The molecule has 3 aromatic rings. The summed E-state index contributed by atoms with van der Waals surface area (Å²) in [5.74, 6) is 3.62. The zero-order valence-electron chi connectivity index (χ0n) is 36.8. The Morgan fingerprint density at radius 2 is 0.879 bits per heavy atom. The van der Waals surface area contributed by atoms with Crippen molar-refractivity contribution in [2.75, 3.05) is 6.61 Å². The molecule has 0 atom stereocenters. The van der Waals surface area contributed by atoms with Gasteiger partial charge < -0.3 is 13.6 Å². The normalized spacial score (nSPS) is 11.8. The highest BCUT2D eigenvalue weighted by Crippen LogP contribution is 2.49. The molecule has 0 bridgehead atoms. The lowest BCUT2D eigenvalue weighted by molar-refractivity contribution is 0.205. The first kappa shape index (κ1) is 51.5. The minimum atomic E-state index is -4.55. The molecule has 10 heteroatoms. The first-order valence-corrected chi connectivity index (χ1v) is 25.3. The van der Waals surface area contributed by atoms with E-state index >= 15 is 0 Å². The van der Waals surface area contributed by atoms with Crippen LogP contribution in [-0.2, 0) is 26.5 Å². The average Bonchev–Trinajstić information content (AvgIpc) is 3.16. The Hall–Kier alpha value is -2.60. The third kappa shape index (κ3) is 26.5. The molecule has 0 saturated carbocycles. The van der Waals surface area contributed by atoms with Crippen molar-refractivity contribution in [2.24, 2.45) is 17.8 Å². The van der Waals surface area contributed by atoms with Crippen LogP contribution in [-0.4, -0.2) is 16.4 Å². The molecular weight excluding hydrogens is 766 g/mol. The van der Waals surface area contributed by atoms with Crippen LogP contribution in [0.1, 0.15) is 168 Å². The van der Waals surface area contributed by atoms with Crippen molar-refractivity contribution >= 4 is 15.6 Å². The van der Waals surface area contributed by atoms with E-state index in [-0.39, 0.29) is 0 Å². The first-order valence-electron chi connectivity index (χ1n) is 22.4. The summed E-state index contributed by atoms with van der Waals surface area (Å²) in [4.78, 5) is 18.6. The maximum atomic E-state index is 13.1. The van der Waals surface area contributed by atoms with E-state index in [1.165, 1.54) is 89.0 Å². The molecule has 58 heavy (non-hydrogen) atoms. The van der Waals surface area contributed by atoms with Gasteiger partial charge in [0.15, 0.2) is 0 Å². The molecule has 2 N–H and O–H groups in total. The van der Waals surface area contributed by atoms with Gasteiger partial charge in [0.05, 0.1) is 6.61 Å². The Kier molecular flexibility index (Phi) is 27.0. The first-order chi connectivity index (χ1) is 27.8. The van der Waals surface area contributed by atoms with E-state index in [1.54, 1.807) is 30.3 Å². The van der Waals surface area contributed by atoms with E-state index in [9.17, 15) is 18.9 Å². The van der Waals surface area contributed by atoms with Crippen LogP contribution in [0.2, 0.25) is 0 Å². The largest absolute Gasteiger partial charge is 0.587 e. The number of rotatable bonds is 31. The van der Waals surface area contributed by atoms with Crippen LogP contribution < -0.4 is 13.6 Å². The predicted molar refractivity (Wildman–Crippen MR) is 242 cm³/mol. The molecule has 0 heterocycles. The topological polar surface area (TPSA) is 112 Å². The van der Waals surface area contributed by atoms with Crippen molar-refractivity contribution in [3.63, 3.8) is 0 Å². The number of phosphoric ester groups is 2. The average molecular weight is 845 g/mol. The Balaban J connectivity index is 0.000000403. The van der Waals surface area contributed by atoms with Gasteiger partial charge in [-0.3, -0.25) is 14.3 Å². The third-order valence-electron chi connectivity index (χ3n) is 9.98. The zero-order valence-corrected chi connectivity index (χ0v) is 38.6. The lowest BCUT2D eigenvalue weighted by Gasteiger charge is -2.19. The zero-order chi connectivity index (χ0) is 42.5. The molecule has 0 aliphatic heterocycles. The molecular formula is C48H78O8P2. The minimum Gasteiger partial charge on any atom is -0.404 e. The van der Waals surface area contributed by atoms with Crippen molar-refractivity contribution in [2.45, 2.75) is 170 Å². The van der Waals surface area contributed by atoms with Gasteiger partial charge in [0.1, 0.15) is 17.2 Å². The van der Waals surface area contributed by atoms with Gasteiger partial charge in [0.25, 0.3) is 0 Å². The summed E-state index contributed by atoms with van der Waals surface area (Å²) in [5.41, 5.74) is 2.18. The van der Waals surface area contributed by atoms with E-state index in [0.717, 1.165) is 68.3 Å². The Morgan fingerprint density at radius 3 is 1.33 bits per heavy atom. The molecule has 3 rings (SSSR count). The summed E-state index contributed by atoms with van der Waals surface area (Å²) in [5, 5.41) is 0. The van der Waals surface area contributed by atoms with Crippen molar-refractivity contribution in [1.29, 1.82) is 0 Å². The molecule has 0 aliphatic carbocycles. The molecule has 0 aliphatic rings. The van der Waals surface area contributed by atoms with Crippen LogP contribution in [0.5, 0.6) is 17.2 Å². The fraction of sp³-hybridized carbons (Fsp3) is 0.625. The molecule has 3 aromatic carbocycles. The van der Waals surface area contributed by atoms with Gasteiger partial charge in [-0.2, -0.15) is 0 Å². The molecule has 0 spiro atoms. The maximum absolute atomic E-state index is 13.1. The molecule has 0 unspecified atom stereocenters. The van der Waals surface area contributed by atoms with E-state index < -0.39 is 15.6 Å². The molecule has 328 valence electrons. The fourth-order valence-electron chi connectivity index (χ4n) is 6.78. The van der Waals surface area contributed by atoms with Crippen LogP contribution >= 0.6 is 15.6 Å². The minimum absolute atomic E-state index is 0.348. The predicted octanol–water partition coefficient (Wildman–Crippen LogP) is 15.5. The summed E-state index contributed by atoms with van der Waals surface area (Å²) >= 11 is 0. The van der Waals surface area contributed by atoms with Gasteiger partial charge in [0, 0.05) is 0 Å². The van der Waals surface area contributed by atoms with E-state index in [2.05, 4.69) is 47.6 Å². The lowest BCUT2D eigenvalue weighted by Crippen LogP contribution is -2.06. The number of unbranched alkanes of at least 4 members (excludes halogenated alkanes) is 12. The fourth-order valence-corrected chi connectivity index (χ4v) is 8.46. The second kappa shape index (κ2) is 30.4. The smallest absolute Gasteiger partial charge is 0.404 e. The number of aryl methyl sites for hydroxylation is 1. The molecule has 0 amide bonds. The number of benzene rings is 3. The summed E-state index contributed by atoms with van der Waals surface area (Å²) in [6.45, 7) is 14.0. The van der Waals surface area contributed by atoms with E-state index in [4.69, 9.17) is 18.1 Å². The molecule has 0 saturated heterocycles. The Labute approximate surface area is 353 Å². The standard InChI is InChI=1S/C26H47O4P.C22H31O4P/c1-22(2)16-11-7-5-9-13-18-24-19-15-21-26(30-31(27,28)29)25(24)20-14-10-6-8-12-17-23(3)4;1-20(2)14-8-4-3-5-13-19-24-27(23,25-21-15-9-6-10-16-21)26-22-17-11-7-12-18-22/h15,19,21-23H,5-14,16-18,20H2,1-4H3,(H2,27,28,29);6-7,9-12,15-18,20H,3-5,8,13-14,19H2,1-2H3. The van der Waals surface area contributed by atoms with Gasteiger partial charge in [-0.15, -0.1) is 0 Å². The number of hydrogen-bond acceptors (Lipinski definition) is 6. The van der Waals surface area contributed by atoms with Crippen LogP contribution in [0.4, 0.5) is 0 Å². The second-order valence-electron chi connectivity index (χ2n) is 16.9. The monoisotopic (exact) mass is 845 g/mol. The van der Waals surface area contributed by atoms with Crippen LogP contribution in [0, 0.1) is 17.8 Å². The molecule has 0 fully saturated rings. The second-order valence-corrected chi connectivity index (χ2v) is 19.6. The highest BCUT2D eigenvalue weighted by atomic mass is 31.2. The van der Waals surface area contributed by atoms with Crippen LogP contribution in [0.3, 0.4) is 0 Å². The third-order valence-corrected chi connectivity index (χ3v) is 11.8. The highest BCUT2D eigenvalue weighted by molar-refractivity contribution is 7.49. The molecule has 8 nitrogen and oxygen atoms in total. The van der Waals surface area contributed by atoms with Gasteiger partial charge in [-0.1, -0.05) is 186 Å². The van der Waals surface area contributed by atoms with Crippen molar-refractivity contribution in [3.8, 4) is 17.2 Å². The summed E-state index contributed by atoms with van der Waals surface area (Å²) in [6.07, 6.45) is 23.4. The van der Waals surface area contributed by atoms with Crippen LogP contribution in [0.15, 0.2) is 78.9 Å². The van der Waals surface area contributed by atoms with Gasteiger partial charge in [-0.05, 0) is 91.3 Å². The molecule has 0 aromatic heterocycles. The van der Waals surface area contributed by atoms with Crippen molar-refractivity contribution in [1.82, 2.24) is 0 Å². The number of hydrogen-bond donors (Lipinski definition) is 2. The van der Waals surface area contributed by atoms with Gasteiger partial charge >= 0.3 is 15.6 Å². The lowest BCUT2D eigenvalue weighted by atomic mass is 9.95. The number of para-hydroxylation sites is 2. The Bertz CT molecular complexity index is 1500. The summed E-state index contributed by atoms with van der Waals surface area (Å²) < 4.78 is 46.4. The maximum Gasteiger partial charge on any atom is 0.587 e. The van der Waals surface area contributed by atoms with Crippen molar-refractivity contribution < 1.29 is 37.0 Å². The highest BCUT2D eigenvalue weighted by Gasteiger charge is 2.30. The van der Waals surface area contributed by atoms with E-state index in [0.29, 0.717) is 23.9 Å². The molecule has 0 radical (unpaired) electrons. The quantitative estimate of drug-likeness (QED) is 0.0486. The van der Waals surface area contributed by atoms with Crippen LogP contribution in [0.25, 0.3) is 0 Å². The summed E-state index contributed by atoms with van der Waals surface area (Å²) in [6, 6.07) is 23.6. The summed E-state index contributed by atoms with van der Waals surface area (Å²) in [7, 11) is -8.29. The Morgan fingerprint density at radius 1 is 0.466 bits per heavy atom. The SMILES string of the molecule is CC(C)CCCCCCCOP(=O)(Oc1ccccc1)Oc1ccccc1.CC(C)CCCCCCCc1cccc(OP(=O)(O)O)c1CCCCCCCC(C)C. The van der Waals surface area contributed by atoms with E-state index in [1.807, 2.05) is 42.5 Å². The number of phosphoric acid groups is 2. The van der Waals surface area contributed by atoms with Crippen molar-refractivity contribution in [3.05, 3.63) is 90.0 Å². The van der Waals surface area contributed by atoms with Gasteiger partial charge in [0.2, 0.25) is 0 Å². The van der Waals surface area contributed by atoms with Gasteiger partial charge in [-0.25, -0.2) is 9.13 Å².